The highest BCUT2D eigenvalue weighted by Crippen LogP contribution is 2.32. The van der Waals surface area contributed by atoms with E-state index in [-0.39, 0.29) is 17.9 Å². The number of hydrogen-bond donors (Lipinski definition) is 1. The van der Waals surface area contributed by atoms with E-state index < -0.39 is 0 Å². The van der Waals surface area contributed by atoms with Gasteiger partial charge >= 0.3 is 5.97 Å². The number of carbonyl (C=O) groups is 1. The summed E-state index contributed by atoms with van der Waals surface area (Å²) < 4.78 is 10.9. The Morgan fingerprint density at radius 1 is 1.14 bits per heavy atom. The predicted molar refractivity (Wildman–Crippen MR) is 87.0 cm³/mol. The Kier molecular flexibility index (Phi) is 6.25. The Morgan fingerprint density at radius 2 is 1.73 bits per heavy atom. The van der Waals surface area contributed by atoms with Gasteiger partial charge in [0, 0.05) is 6.04 Å². The van der Waals surface area contributed by atoms with Crippen molar-refractivity contribution in [3.8, 4) is 11.5 Å². The first-order valence-corrected chi connectivity index (χ1v) is 8.34. The van der Waals surface area contributed by atoms with Gasteiger partial charge in [0.15, 0.2) is 0 Å². The molecule has 0 spiro atoms. The summed E-state index contributed by atoms with van der Waals surface area (Å²) >= 11 is 0. The summed E-state index contributed by atoms with van der Waals surface area (Å²) in [5.74, 6) is 1.82. The smallest absolute Gasteiger partial charge is 0.314 e. The molecule has 0 heterocycles. The van der Waals surface area contributed by atoms with Gasteiger partial charge in [0.2, 0.25) is 0 Å². The van der Waals surface area contributed by atoms with Crippen molar-refractivity contribution in [2.45, 2.75) is 52.0 Å². The summed E-state index contributed by atoms with van der Waals surface area (Å²) in [7, 11) is 0. The maximum absolute atomic E-state index is 12.2. The molecule has 4 nitrogen and oxygen atoms in total. The van der Waals surface area contributed by atoms with Gasteiger partial charge in [-0.1, -0.05) is 6.92 Å². The van der Waals surface area contributed by atoms with Crippen molar-refractivity contribution in [1.29, 1.82) is 0 Å². The summed E-state index contributed by atoms with van der Waals surface area (Å²) in [5.41, 5.74) is 6.10. The minimum absolute atomic E-state index is 0.00637. The molecule has 22 heavy (non-hydrogen) atoms. The zero-order valence-corrected chi connectivity index (χ0v) is 13.6. The normalized spacial score (nSPS) is 22.9. The highest BCUT2D eigenvalue weighted by molar-refractivity contribution is 5.75. The van der Waals surface area contributed by atoms with Crippen LogP contribution in [-0.2, 0) is 4.79 Å². The lowest BCUT2D eigenvalue weighted by Crippen LogP contribution is -2.34. The number of esters is 1. The van der Waals surface area contributed by atoms with Crippen molar-refractivity contribution in [3.63, 3.8) is 0 Å². The minimum atomic E-state index is -0.118. The van der Waals surface area contributed by atoms with Crippen LogP contribution in [0.15, 0.2) is 24.3 Å². The van der Waals surface area contributed by atoms with E-state index >= 15 is 0 Å². The molecule has 0 saturated heterocycles. The summed E-state index contributed by atoms with van der Waals surface area (Å²) in [6.45, 7) is 4.69. The molecule has 1 unspecified atom stereocenters. The Labute approximate surface area is 133 Å². The lowest BCUT2D eigenvalue weighted by Gasteiger charge is -2.30. The molecule has 0 aliphatic heterocycles. The molecular weight excluding hydrogens is 278 g/mol. The van der Waals surface area contributed by atoms with E-state index in [1.165, 1.54) is 0 Å². The number of nitrogens with two attached hydrogens (primary N) is 1. The molecule has 1 aliphatic rings. The molecule has 0 radical (unpaired) electrons. The van der Waals surface area contributed by atoms with Crippen molar-refractivity contribution in [2.75, 3.05) is 6.61 Å². The molecule has 1 aliphatic carbocycles. The lowest BCUT2D eigenvalue weighted by atomic mass is 9.78. The van der Waals surface area contributed by atoms with Crippen LogP contribution in [0.2, 0.25) is 0 Å². The molecule has 1 aromatic rings. The van der Waals surface area contributed by atoms with Crippen molar-refractivity contribution >= 4 is 5.97 Å². The molecule has 1 fully saturated rings. The van der Waals surface area contributed by atoms with Crippen LogP contribution in [0.4, 0.5) is 0 Å². The first-order chi connectivity index (χ1) is 10.6. The Bertz CT molecular complexity index is 464. The first kappa shape index (κ1) is 16.8. The highest BCUT2D eigenvalue weighted by atomic mass is 16.5. The van der Waals surface area contributed by atoms with Gasteiger partial charge in [-0.15, -0.1) is 0 Å². The number of hydrogen-bond acceptors (Lipinski definition) is 4. The van der Waals surface area contributed by atoms with Crippen LogP contribution < -0.4 is 15.2 Å². The molecule has 1 saturated carbocycles. The van der Waals surface area contributed by atoms with Crippen LogP contribution in [0.25, 0.3) is 0 Å². The summed E-state index contributed by atoms with van der Waals surface area (Å²) in [6, 6.07) is 7.47. The van der Waals surface area contributed by atoms with Gasteiger partial charge < -0.3 is 15.2 Å². The molecular formula is C18H27NO3. The molecule has 4 heteroatoms. The van der Waals surface area contributed by atoms with Gasteiger partial charge in [-0.3, -0.25) is 4.79 Å². The van der Waals surface area contributed by atoms with Crippen LogP contribution in [0.5, 0.6) is 11.5 Å². The van der Waals surface area contributed by atoms with Crippen LogP contribution in [-0.4, -0.2) is 18.6 Å². The molecule has 1 aromatic carbocycles. The van der Waals surface area contributed by atoms with E-state index in [0.29, 0.717) is 18.3 Å². The molecule has 0 amide bonds. The third-order valence-corrected chi connectivity index (χ3v) is 4.54. The Morgan fingerprint density at radius 3 is 2.27 bits per heavy atom. The Hall–Kier alpha value is -1.55. The minimum Gasteiger partial charge on any atom is -0.494 e. The molecule has 122 valence electrons. The summed E-state index contributed by atoms with van der Waals surface area (Å²) in [6.07, 6.45) is 4.82. The molecule has 2 rings (SSSR count). The van der Waals surface area contributed by atoms with E-state index in [0.717, 1.165) is 37.9 Å². The quantitative estimate of drug-likeness (QED) is 0.645. The lowest BCUT2D eigenvalue weighted by molar-refractivity contribution is -0.140. The number of ether oxygens (including phenoxy) is 2. The fraction of sp³-hybridized carbons (Fsp3) is 0.611. The van der Waals surface area contributed by atoms with Crippen LogP contribution in [0, 0.1) is 11.8 Å². The van der Waals surface area contributed by atoms with Crippen molar-refractivity contribution in [1.82, 2.24) is 0 Å². The van der Waals surface area contributed by atoms with E-state index in [9.17, 15) is 4.79 Å². The first-order valence-electron chi connectivity index (χ1n) is 8.34. The van der Waals surface area contributed by atoms with E-state index in [2.05, 4.69) is 6.92 Å². The fourth-order valence-corrected chi connectivity index (χ4v) is 3.09. The van der Waals surface area contributed by atoms with Crippen LogP contribution >= 0.6 is 0 Å². The van der Waals surface area contributed by atoms with E-state index in [4.69, 9.17) is 15.2 Å². The van der Waals surface area contributed by atoms with Gasteiger partial charge in [0.25, 0.3) is 0 Å². The molecule has 0 bridgehead atoms. The summed E-state index contributed by atoms with van der Waals surface area (Å²) in [5, 5.41) is 0. The largest absolute Gasteiger partial charge is 0.494 e. The van der Waals surface area contributed by atoms with Gasteiger partial charge in [-0.05, 0) is 69.2 Å². The second-order valence-corrected chi connectivity index (χ2v) is 6.01. The van der Waals surface area contributed by atoms with Crippen LogP contribution in [0.1, 0.15) is 46.0 Å². The fourth-order valence-electron chi connectivity index (χ4n) is 3.09. The molecule has 1 atom stereocenters. The zero-order valence-electron chi connectivity index (χ0n) is 13.6. The van der Waals surface area contributed by atoms with E-state index in [1.54, 1.807) is 12.1 Å². The van der Waals surface area contributed by atoms with Crippen LogP contribution in [0.3, 0.4) is 0 Å². The topological polar surface area (TPSA) is 61.5 Å². The van der Waals surface area contributed by atoms with Gasteiger partial charge in [0.05, 0.1) is 12.5 Å². The maximum atomic E-state index is 12.2. The van der Waals surface area contributed by atoms with Crippen molar-refractivity contribution in [3.05, 3.63) is 24.3 Å². The number of benzene rings is 1. The summed E-state index contributed by atoms with van der Waals surface area (Å²) in [4.78, 5) is 12.2. The number of rotatable bonds is 6. The van der Waals surface area contributed by atoms with E-state index in [1.807, 2.05) is 19.1 Å². The average Bonchev–Trinajstić information content (AvgIpc) is 2.56. The highest BCUT2D eigenvalue weighted by Gasteiger charge is 2.29. The maximum Gasteiger partial charge on any atom is 0.314 e. The second-order valence-electron chi connectivity index (χ2n) is 6.01. The van der Waals surface area contributed by atoms with Gasteiger partial charge in [-0.25, -0.2) is 0 Å². The molecule has 0 aromatic heterocycles. The SMILES string of the molecule is CCOc1ccc(OC(=O)C2CCC(C(N)CC)CC2)cc1. The van der Waals surface area contributed by atoms with Gasteiger partial charge in [0.1, 0.15) is 11.5 Å². The predicted octanol–water partition coefficient (Wildman–Crippen LogP) is 3.53. The van der Waals surface area contributed by atoms with Crippen molar-refractivity contribution < 1.29 is 14.3 Å². The molecule has 2 N–H and O–H groups in total. The van der Waals surface area contributed by atoms with Crippen molar-refractivity contribution in [2.24, 2.45) is 17.6 Å². The third-order valence-electron chi connectivity index (χ3n) is 4.54. The standard InChI is InChI=1S/C18H27NO3/c1-3-17(19)13-5-7-14(8-6-13)18(20)22-16-11-9-15(10-12-16)21-4-2/h9-14,17H,3-8,19H2,1-2H3. The second kappa shape index (κ2) is 8.18. The third kappa shape index (κ3) is 4.47. The van der Waals surface area contributed by atoms with Gasteiger partial charge in [-0.2, -0.15) is 0 Å². The Balaban J connectivity index is 1.83. The average molecular weight is 305 g/mol. The zero-order chi connectivity index (χ0) is 15.9. The monoisotopic (exact) mass is 305 g/mol. The number of carbonyl (C=O) groups excluding carboxylic acids is 1.